The lowest BCUT2D eigenvalue weighted by atomic mass is 10.3. The van der Waals surface area contributed by atoms with E-state index >= 15 is 0 Å². The summed E-state index contributed by atoms with van der Waals surface area (Å²) in [7, 11) is 2.11. The predicted octanol–water partition coefficient (Wildman–Crippen LogP) is 1.48. The zero-order chi connectivity index (χ0) is 22.8. The number of piperazine rings is 1. The summed E-state index contributed by atoms with van der Waals surface area (Å²) in [6, 6.07) is 10.4. The van der Waals surface area contributed by atoms with Crippen molar-refractivity contribution >= 4 is 17.6 Å². The summed E-state index contributed by atoms with van der Waals surface area (Å²) in [5.74, 6) is 2.05. The Morgan fingerprint density at radius 3 is 2.56 bits per heavy atom. The lowest BCUT2D eigenvalue weighted by Gasteiger charge is -2.36. The van der Waals surface area contributed by atoms with E-state index in [1.807, 2.05) is 11.0 Å². The van der Waals surface area contributed by atoms with E-state index in [0.29, 0.717) is 0 Å². The van der Waals surface area contributed by atoms with Gasteiger partial charge < -0.3 is 24.6 Å². The van der Waals surface area contributed by atoms with Gasteiger partial charge in [-0.3, -0.25) is 9.79 Å². The minimum Gasteiger partial charge on any atom is -0.375 e. The molecular formula is C23H36N8O. The van der Waals surface area contributed by atoms with Crippen LogP contribution in [-0.2, 0) is 17.8 Å². The van der Waals surface area contributed by atoms with Gasteiger partial charge in [0.05, 0.1) is 0 Å². The molecule has 1 aliphatic heterocycles. The van der Waals surface area contributed by atoms with Gasteiger partial charge in [0, 0.05) is 78.4 Å². The zero-order valence-corrected chi connectivity index (χ0v) is 19.6. The molecular weight excluding hydrogens is 404 g/mol. The highest BCUT2D eigenvalue weighted by atomic mass is 16.2. The molecule has 0 unspecified atom stereocenters. The second-order valence-corrected chi connectivity index (χ2v) is 8.03. The van der Waals surface area contributed by atoms with Gasteiger partial charge in [0.15, 0.2) is 5.96 Å². The van der Waals surface area contributed by atoms with Crippen LogP contribution < -0.4 is 10.2 Å². The minimum atomic E-state index is 0.139. The Kier molecular flexibility index (Phi) is 8.89. The predicted molar refractivity (Wildman–Crippen MR) is 128 cm³/mol. The van der Waals surface area contributed by atoms with Gasteiger partial charge in [-0.25, -0.2) is 0 Å². The van der Waals surface area contributed by atoms with E-state index in [4.69, 9.17) is 4.99 Å². The van der Waals surface area contributed by atoms with Crippen LogP contribution in [0, 0.1) is 0 Å². The lowest BCUT2D eigenvalue weighted by Crippen LogP contribution is -2.53. The number of para-hydroxylation sites is 1. The smallest absolute Gasteiger partial charge is 0.219 e. The van der Waals surface area contributed by atoms with Gasteiger partial charge in [-0.1, -0.05) is 25.1 Å². The number of nitrogens with one attached hydrogen (secondary N) is 1. The number of aromatic nitrogens is 3. The molecule has 3 rings (SSSR count). The third kappa shape index (κ3) is 6.70. The molecule has 32 heavy (non-hydrogen) atoms. The number of benzene rings is 1. The Morgan fingerprint density at radius 1 is 1.16 bits per heavy atom. The molecule has 0 aliphatic carbocycles. The third-order valence-electron chi connectivity index (χ3n) is 5.78. The summed E-state index contributed by atoms with van der Waals surface area (Å²) < 4.78 is 2.08. The fourth-order valence-electron chi connectivity index (χ4n) is 3.83. The number of aliphatic imine (C=N–C) groups is 1. The van der Waals surface area contributed by atoms with E-state index in [1.54, 1.807) is 13.3 Å². The second-order valence-electron chi connectivity index (χ2n) is 8.03. The van der Waals surface area contributed by atoms with Gasteiger partial charge in [-0.15, -0.1) is 10.2 Å². The van der Waals surface area contributed by atoms with Crippen molar-refractivity contribution in [2.45, 2.75) is 33.2 Å². The van der Waals surface area contributed by atoms with Crippen molar-refractivity contribution in [2.24, 2.45) is 4.99 Å². The van der Waals surface area contributed by atoms with Crippen LogP contribution in [0.2, 0.25) is 0 Å². The number of aryl methyl sites for hydroxylation is 1. The number of carbonyl (C=O) groups is 1. The Hall–Kier alpha value is -3.10. The molecule has 0 radical (unpaired) electrons. The summed E-state index contributed by atoms with van der Waals surface area (Å²) >= 11 is 0. The molecule has 2 aromatic rings. The van der Waals surface area contributed by atoms with Crippen molar-refractivity contribution in [3.05, 3.63) is 42.5 Å². The number of guanidine groups is 1. The first-order valence-electron chi connectivity index (χ1n) is 11.5. The molecule has 1 N–H and O–H groups in total. The highest BCUT2D eigenvalue weighted by Crippen LogP contribution is 2.11. The first-order chi connectivity index (χ1) is 15.6. The number of nitrogens with zero attached hydrogens (tertiary/aromatic N) is 7. The van der Waals surface area contributed by atoms with Crippen molar-refractivity contribution in [3.63, 3.8) is 0 Å². The number of amides is 1. The average molecular weight is 441 g/mol. The summed E-state index contributed by atoms with van der Waals surface area (Å²) in [6.07, 6.45) is 3.61. The number of rotatable bonds is 9. The van der Waals surface area contributed by atoms with Gasteiger partial charge in [0.25, 0.3) is 0 Å². The minimum absolute atomic E-state index is 0.139. The van der Waals surface area contributed by atoms with Crippen molar-refractivity contribution in [2.75, 3.05) is 57.8 Å². The van der Waals surface area contributed by atoms with E-state index in [9.17, 15) is 4.79 Å². The van der Waals surface area contributed by atoms with Crippen LogP contribution in [0.3, 0.4) is 0 Å². The van der Waals surface area contributed by atoms with Crippen LogP contribution in [0.4, 0.5) is 5.69 Å². The van der Waals surface area contributed by atoms with Gasteiger partial charge in [0.1, 0.15) is 12.2 Å². The van der Waals surface area contributed by atoms with Crippen molar-refractivity contribution in [3.8, 4) is 0 Å². The topological polar surface area (TPSA) is 81.9 Å². The summed E-state index contributed by atoms with van der Waals surface area (Å²) in [4.78, 5) is 23.0. The number of anilines is 1. The first kappa shape index (κ1) is 23.6. The number of hydrogen-bond acceptors (Lipinski definition) is 5. The summed E-state index contributed by atoms with van der Waals surface area (Å²) in [5, 5.41) is 11.7. The molecule has 0 saturated carbocycles. The van der Waals surface area contributed by atoms with E-state index < -0.39 is 0 Å². The van der Waals surface area contributed by atoms with Crippen molar-refractivity contribution in [1.29, 1.82) is 0 Å². The van der Waals surface area contributed by atoms with Gasteiger partial charge in [0.2, 0.25) is 5.91 Å². The summed E-state index contributed by atoms with van der Waals surface area (Å²) in [5.41, 5.74) is 1.22. The highest BCUT2D eigenvalue weighted by molar-refractivity contribution is 5.80. The quantitative estimate of drug-likeness (QED) is 0.361. The molecule has 0 bridgehead atoms. The molecule has 9 nitrogen and oxygen atoms in total. The molecule has 0 atom stereocenters. The van der Waals surface area contributed by atoms with Crippen LogP contribution in [0.5, 0.6) is 0 Å². The van der Waals surface area contributed by atoms with Gasteiger partial charge in [-0.2, -0.15) is 0 Å². The molecule has 1 aromatic heterocycles. The molecule has 1 amide bonds. The van der Waals surface area contributed by atoms with Crippen molar-refractivity contribution < 1.29 is 4.79 Å². The maximum absolute atomic E-state index is 11.7. The maximum Gasteiger partial charge on any atom is 0.219 e. The van der Waals surface area contributed by atoms with Crippen molar-refractivity contribution in [1.82, 2.24) is 29.9 Å². The first-order valence-corrected chi connectivity index (χ1v) is 11.5. The SMILES string of the molecule is CCc1nncn1CCNC(=NCCCN(C)c1ccccc1)N1CCN(C(C)=O)CC1. The maximum atomic E-state index is 11.7. The molecule has 0 spiro atoms. The molecule has 1 saturated heterocycles. The van der Waals surface area contributed by atoms with Crippen LogP contribution in [0.1, 0.15) is 26.1 Å². The fraction of sp³-hybridized carbons (Fsp3) is 0.565. The fourth-order valence-corrected chi connectivity index (χ4v) is 3.83. The molecule has 1 fully saturated rings. The van der Waals surface area contributed by atoms with E-state index in [1.165, 1.54) is 5.69 Å². The average Bonchev–Trinajstić information content (AvgIpc) is 3.28. The normalized spacial score (nSPS) is 14.5. The van der Waals surface area contributed by atoms with Crippen LogP contribution in [0.15, 0.2) is 41.7 Å². The Morgan fingerprint density at radius 2 is 1.88 bits per heavy atom. The molecule has 1 aromatic carbocycles. The molecule has 174 valence electrons. The highest BCUT2D eigenvalue weighted by Gasteiger charge is 2.21. The lowest BCUT2D eigenvalue weighted by molar-refractivity contribution is -0.130. The molecule has 9 heteroatoms. The molecule has 1 aliphatic rings. The Balaban J connectivity index is 1.54. The largest absolute Gasteiger partial charge is 0.375 e. The molecule has 2 heterocycles. The van der Waals surface area contributed by atoms with E-state index in [0.717, 1.165) is 77.0 Å². The van der Waals surface area contributed by atoms with Crippen LogP contribution in [-0.4, -0.2) is 89.3 Å². The second kappa shape index (κ2) is 12.1. The van der Waals surface area contributed by atoms with Gasteiger partial charge in [-0.05, 0) is 18.6 Å². The van der Waals surface area contributed by atoms with E-state index in [-0.39, 0.29) is 5.91 Å². The summed E-state index contributed by atoms with van der Waals surface area (Å²) in [6.45, 7) is 10.0. The Bertz CT molecular complexity index is 858. The number of carbonyl (C=O) groups excluding carboxylic acids is 1. The van der Waals surface area contributed by atoms with E-state index in [2.05, 4.69) is 68.1 Å². The Labute approximate surface area is 191 Å². The van der Waals surface area contributed by atoms with Crippen LogP contribution in [0.25, 0.3) is 0 Å². The zero-order valence-electron chi connectivity index (χ0n) is 19.6. The third-order valence-corrected chi connectivity index (χ3v) is 5.78. The monoisotopic (exact) mass is 440 g/mol. The van der Waals surface area contributed by atoms with Crippen LogP contribution >= 0.6 is 0 Å². The standard InChI is InChI=1S/C23H36N8O/c1-4-22-27-26-19-31(22)14-12-25-23(30-17-15-29(16-18-30)20(2)32)24-11-8-13-28(3)21-9-6-5-7-10-21/h5-7,9-10,19H,4,8,11-18H2,1-3H3,(H,24,25). The number of hydrogen-bond donors (Lipinski definition) is 1. The van der Waals surface area contributed by atoms with Gasteiger partial charge >= 0.3 is 0 Å².